The summed E-state index contributed by atoms with van der Waals surface area (Å²) in [5, 5.41) is 6.45. The first-order valence-electron chi connectivity index (χ1n) is 6.72. The van der Waals surface area contributed by atoms with Gasteiger partial charge in [-0.25, -0.2) is 4.79 Å². The van der Waals surface area contributed by atoms with Gasteiger partial charge in [-0.05, 0) is 12.8 Å². The number of carbonyl (C=O) groups excluding carboxylic acids is 2. The number of carbonyl (C=O) groups is 2. The third-order valence-corrected chi connectivity index (χ3v) is 2.66. The lowest BCUT2D eigenvalue weighted by atomic mass is 10.1. The predicted molar refractivity (Wildman–Crippen MR) is 73.5 cm³/mol. The number of hydrogen-bond donors (Lipinski definition) is 1. The second-order valence-electron chi connectivity index (χ2n) is 5.44. The molecule has 0 saturated heterocycles. The molecule has 0 aromatic carbocycles. The number of aryl methyl sites for hydroxylation is 1. The van der Waals surface area contributed by atoms with Gasteiger partial charge in [0.25, 0.3) is 5.91 Å². The minimum Gasteiger partial charge on any atom is -0.452 e. The van der Waals surface area contributed by atoms with E-state index in [-0.39, 0.29) is 18.4 Å². The molecule has 0 spiro atoms. The minimum absolute atomic E-state index is 0.0218. The second kappa shape index (κ2) is 7.07. The quantitative estimate of drug-likeness (QED) is 0.807. The van der Waals surface area contributed by atoms with Crippen LogP contribution in [-0.4, -0.2) is 30.2 Å². The Hall–Kier alpha value is -1.85. The van der Waals surface area contributed by atoms with Crippen molar-refractivity contribution in [2.45, 2.75) is 40.5 Å². The molecule has 0 fully saturated rings. The van der Waals surface area contributed by atoms with E-state index in [0.29, 0.717) is 29.5 Å². The van der Waals surface area contributed by atoms with Crippen molar-refractivity contribution in [2.75, 3.05) is 13.2 Å². The summed E-state index contributed by atoms with van der Waals surface area (Å²) in [5.41, 5.74) is 0.790. The molecule has 1 amide bonds. The van der Waals surface area contributed by atoms with Crippen LogP contribution >= 0.6 is 0 Å². The van der Waals surface area contributed by atoms with Crippen molar-refractivity contribution in [3.8, 4) is 0 Å². The highest BCUT2D eigenvalue weighted by Gasteiger charge is 2.24. The van der Waals surface area contributed by atoms with Crippen molar-refractivity contribution in [3.63, 3.8) is 0 Å². The van der Waals surface area contributed by atoms with Gasteiger partial charge >= 0.3 is 5.97 Å². The van der Waals surface area contributed by atoms with Gasteiger partial charge in [0.15, 0.2) is 12.4 Å². The minimum atomic E-state index is -0.577. The van der Waals surface area contributed by atoms with E-state index in [1.54, 1.807) is 6.92 Å². The van der Waals surface area contributed by atoms with Crippen LogP contribution in [0.4, 0.5) is 0 Å². The molecule has 1 heterocycles. The van der Waals surface area contributed by atoms with Gasteiger partial charge in [0, 0.05) is 12.5 Å². The largest absolute Gasteiger partial charge is 0.452 e. The van der Waals surface area contributed by atoms with Crippen LogP contribution in [0.2, 0.25) is 0 Å². The molecule has 0 saturated carbocycles. The highest BCUT2D eigenvalue weighted by molar-refractivity contribution is 5.93. The van der Waals surface area contributed by atoms with Crippen molar-refractivity contribution >= 4 is 11.9 Å². The van der Waals surface area contributed by atoms with E-state index in [0.717, 1.165) is 0 Å². The fraction of sp³-hybridized carbons (Fsp3) is 0.643. The van der Waals surface area contributed by atoms with Crippen LogP contribution in [0.1, 0.15) is 55.4 Å². The highest BCUT2D eigenvalue weighted by Crippen LogP contribution is 2.22. The fourth-order valence-corrected chi connectivity index (χ4v) is 1.60. The molecule has 1 aromatic rings. The Bertz CT molecular complexity index is 478. The molecule has 0 atom stereocenters. The van der Waals surface area contributed by atoms with Gasteiger partial charge in [0.1, 0.15) is 5.56 Å². The predicted octanol–water partition coefficient (Wildman–Crippen LogP) is 2.04. The molecular weight excluding hydrogens is 260 g/mol. The van der Waals surface area contributed by atoms with Gasteiger partial charge in [-0.1, -0.05) is 32.9 Å². The smallest absolute Gasteiger partial charge is 0.344 e. The van der Waals surface area contributed by atoms with Crippen LogP contribution in [0.25, 0.3) is 0 Å². The number of amides is 1. The lowest BCUT2D eigenvalue weighted by Crippen LogP contribution is -2.31. The number of aromatic nitrogens is 1. The fourth-order valence-electron chi connectivity index (χ4n) is 1.60. The lowest BCUT2D eigenvalue weighted by molar-refractivity contribution is -0.124. The lowest BCUT2D eigenvalue weighted by Gasteiger charge is -2.09. The Balaban J connectivity index is 2.59. The molecule has 0 aliphatic carbocycles. The van der Waals surface area contributed by atoms with Crippen molar-refractivity contribution in [3.05, 3.63) is 17.0 Å². The van der Waals surface area contributed by atoms with Gasteiger partial charge in [-0.2, -0.15) is 0 Å². The SMILES string of the molecule is Cc1noc(C(C)C)c1C(=O)OCC(=O)NCC(C)C. The Labute approximate surface area is 118 Å². The molecule has 0 bridgehead atoms. The maximum absolute atomic E-state index is 12.0. The second-order valence-corrected chi connectivity index (χ2v) is 5.44. The first-order valence-corrected chi connectivity index (χ1v) is 6.72. The Morgan fingerprint density at radius 3 is 2.50 bits per heavy atom. The molecule has 0 aliphatic heterocycles. The molecule has 20 heavy (non-hydrogen) atoms. The Morgan fingerprint density at radius 1 is 1.30 bits per heavy atom. The van der Waals surface area contributed by atoms with E-state index in [2.05, 4.69) is 10.5 Å². The Morgan fingerprint density at radius 2 is 1.95 bits per heavy atom. The van der Waals surface area contributed by atoms with Crippen molar-refractivity contribution in [2.24, 2.45) is 5.92 Å². The van der Waals surface area contributed by atoms with Gasteiger partial charge in [0.05, 0.1) is 5.69 Å². The summed E-state index contributed by atoms with van der Waals surface area (Å²) in [5.74, 6) is -0.0366. The molecule has 1 aromatic heterocycles. The summed E-state index contributed by atoms with van der Waals surface area (Å²) in [6.07, 6.45) is 0. The van der Waals surface area contributed by atoms with Gasteiger partial charge in [0.2, 0.25) is 0 Å². The van der Waals surface area contributed by atoms with Crippen LogP contribution in [0.3, 0.4) is 0 Å². The maximum Gasteiger partial charge on any atom is 0.344 e. The number of nitrogens with zero attached hydrogens (tertiary/aromatic N) is 1. The van der Waals surface area contributed by atoms with E-state index in [9.17, 15) is 9.59 Å². The maximum atomic E-state index is 12.0. The molecule has 1 rings (SSSR count). The highest BCUT2D eigenvalue weighted by atomic mass is 16.5. The van der Waals surface area contributed by atoms with Gasteiger partial charge in [-0.3, -0.25) is 4.79 Å². The first-order chi connectivity index (χ1) is 9.32. The normalized spacial score (nSPS) is 10.9. The van der Waals surface area contributed by atoms with E-state index >= 15 is 0 Å². The van der Waals surface area contributed by atoms with E-state index in [1.165, 1.54) is 0 Å². The summed E-state index contributed by atoms with van der Waals surface area (Å²) < 4.78 is 10.1. The molecule has 112 valence electrons. The topological polar surface area (TPSA) is 81.4 Å². The monoisotopic (exact) mass is 282 g/mol. The molecule has 0 unspecified atom stereocenters. The van der Waals surface area contributed by atoms with Crippen LogP contribution < -0.4 is 5.32 Å². The number of hydrogen-bond acceptors (Lipinski definition) is 5. The summed E-state index contributed by atoms with van der Waals surface area (Å²) >= 11 is 0. The third-order valence-electron chi connectivity index (χ3n) is 2.66. The van der Waals surface area contributed by atoms with Crippen LogP contribution in [-0.2, 0) is 9.53 Å². The molecular formula is C14H22N2O4. The standard InChI is InChI=1S/C14H22N2O4/c1-8(2)6-15-11(17)7-19-14(18)12-10(5)16-20-13(12)9(3)4/h8-9H,6-7H2,1-5H3,(H,15,17). The summed E-state index contributed by atoms with van der Waals surface area (Å²) in [6, 6.07) is 0. The Kier molecular flexibility index (Phi) is 5.73. The first kappa shape index (κ1) is 16.2. The summed E-state index contributed by atoms with van der Waals surface area (Å²) in [6.45, 7) is 9.69. The van der Waals surface area contributed by atoms with E-state index in [1.807, 2.05) is 27.7 Å². The van der Waals surface area contributed by atoms with Crippen LogP contribution in [0, 0.1) is 12.8 Å². The van der Waals surface area contributed by atoms with Crippen LogP contribution in [0.5, 0.6) is 0 Å². The van der Waals surface area contributed by atoms with Crippen molar-refractivity contribution in [1.29, 1.82) is 0 Å². The molecule has 0 aliphatic rings. The zero-order valence-electron chi connectivity index (χ0n) is 12.6. The van der Waals surface area contributed by atoms with Gasteiger partial charge in [-0.15, -0.1) is 0 Å². The van der Waals surface area contributed by atoms with Crippen molar-refractivity contribution in [1.82, 2.24) is 10.5 Å². The number of ether oxygens (including phenoxy) is 1. The van der Waals surface area contributed by atoms with Crippen molar-refractivity contribution < 1.29 is 18.8 Å². The molecule has 6 heteroatoms. The number of rotatable bonds is 6. The molecule has 6 nitrogen and oxygen atoms in total. The number of esters is 1. The zero-order chi connectivity index (χ0) is 15.3. The summed E-state index contributed by atoms with van der Waals surface area (Å²) in [4.78, 5) is 23.5. The average molecular weight is 282 g/mol. The molecule has 0 radical (unpaired) electrons. The average Bonchev–Trinajstić information content (AvgIpc) is 2.75. The number of nitrogens with one attached hydrogen (secondary N) is 1. The summed E-state index contributed by atoms with van der Waals surface area (Å²) in [7, 11) is 0. The van der Waals surface area contributed by atoms with E-state index in [4.69, 9.17) is 9.26 Å². The van der Waals surface area contributed by atoms with Crippen LogP contribution in [0.15, 0.2) is 4.52 Å². The van der Waals surface area contributed by atoms with Gasteiger partial charge < -0.3 is 14.6 Å². The third kappa shape index (κ3) is 4.36. The zero-order valence-corrected chi connectivity index (χ0v) is 12.6. The molecule has 1 N–H and O–H groups in total. The van der Waals surface area contributed by atoms with E-state index < -0.39 is 5.97 Å².